The topological polar surface area (TPSA) is 108 Å². The largest absolute Gasteiger partial charge is 0.450 e. The predicted octanol–water partition coefficient (Wildman–Crippen LogP) is -1.16. The average molecular weight is 228 g/mol. The van der Waals surface area contributed by atoms with Crippen LogP contribution in [0.2, 0.25) is 0 Å². The van der Waals surface area contributed by atoms with Gasteiger partial charge in [-0.1, -0.05) is 5.17 Å². The highest BCUT2D eigenvalue weighted by atomic mass is 32.2. The molecule has 0 aromatic heterocycles. The van der Waals surface area contributed by atoms with Crippen LogP contribution < -0.4 is 5.84 Å². The van der Waals surface area contributed by atoms with E-state index in [1.165, 1.54) is 7.11 Å². The molecule has 84 valence electrons. The summed E-state index contributed by atoms with van der Waals surface area (Å²) in [6, 6.07) is 0. The molecule has 0 bridgehead atoms. The van der Waals surface area contributed by atoms with Crippen molar-refractivity contribution in [2.75, 3.05) is 26.6 Å². The highest BCUT2D eigenvalue weighted by Gasteiger charge is 2.16. The number of nitrogens with two attached hydrogens (primary N) is 1. The lowest BCUT2D eigenvalue weighted by Crippen LogP contribution is -2.39. The molecule has 2 N–H and O–H groups in total. The molecular weight excluding hydrogens is 216 g/mol. The first-order chi connectivity index (χ1) is 6.37. The van der Waals surface area contributed by atoms with E-state index in [0.717, 1.165) is 6.26 Å². The van der Waals surface area contributed by atoms with Gasteiger partial charge in [-0.25, -0.2) is 10.6 Å². The summed E-state index contributed by atoms with van der Waals surface area (Å²) in [5, 5.41) is -0.00894. The van der Waals surface area contributed by atoms with E-state index in [0.29, 0.717) is 0 Å². The first-order valence-corrected chi connectivity index (χ1v) is 5.28. The molecule has 0 unspecified atom stereocenters. The van der Waals surface area contributed by atoms with Crippen LogP contribution in [0.5, 0.6) is 0 Å². The Kier molecular flexibility index (Phi) is 5.38. The highest BCUT2D eigenvalue weighted by Crippen LogP contribution is 1.93. The zero-order chi connectivity index (χ0) is 11.2. The maximum absolute atomic E-state index is 10.8. The monoisotopic (exact) mass is 228 g/mol. The van der Waals surface area contributed by atoms with E-state index in [-0.39, 0.29) is 18.4 Å². The summed E-state index contributed by atoms with van der Waals surface area (Å²) in [5.41, 5.74) is 0. The van der Waals surface area contributed by atoms with Crippen molar-refractivity contribution in [3.05, 3.63) is 0 Å². The molecule has 0 spiro atoms. The van der Waals surface area contributed by atoms with Crippen LogP contribution in [0.15, 0.2) is 0 Å². The lowest BCUT2D eigenvalue weighted by molar-refractivity contribution is -0.0475. The average Bonchev–Trinajstić information content (AvgIpc) is 2.01. The Labute approximate surface area is 81.6 Å². The van der Waals surface area contributed by atoms with Gasteiger partial charge in [0.25, 0.3) is 10.1 Å². The summed E-state index contributed by atoms with van der Waals surface area (Å²) in [6.07, 6.45) is -0.373. The van der Waals surface area contributed by atoms with Gasteiger partial charge in [-0.2, -0.15) is 8.42 Å². The van der Waals surface area contributed by atoms with E-state index in [2.05, 4.69) is 13.8 Å². The SMILES string of the molecule is COCCOC(=O)N(N)OS(C)(=O)=O. The smallest absolute Gasteiger partial charge is 0.444 e. The van der Waals surface area contributed by atoms with Gasteiger partial charge in [-0.05, 0) is 0 Å². The lowest BCUT2D eigenvalue weighted by Gasteiger charge is -2.13. The standard InChI is InChI=1S/C5H12N2O6S/c1-11-3-4-12-5(8)7(6)13-14(2,9)10/h3-4,6H2,1-2H3. The summed E-state index contributed by atoms with van der Waals surface area (Å²) < 4.78 is 34.0. The third-order valence-electron chi connectivity index (χ3n) is 0.909. The molecule has 0 rings (SSSR count). The molecule has 14 heavy (non-hydrogen) atoms. The molecule has 0 fully saturated rings. The number of amides is 1. The third-order valence-corrected chi connectivity index (χ3v) is 1.34. The minimum atomic E-state index is -3.83. The molecule has 0 aromatic rings. The van der Waals surface area contributed by atoms with Crippen LogP contribution in [-0.2, 0) is 23.9 Å². The van der Waals surface area contributed by atoms with Gasteiger partial charge >= 0.3 is 6.09 Å². The van der Waals surface area contributed by atoms with Crippen LogP contribution in [0.1, 0.15) is 0 Å². The van der Waals surface area contributed by atoms with Crippen molar-refractivity contribution in [1.82, 2.24) is 5.17 Å². The van der Waals surface area contributed by atoms with E-state index < -0.39 is 16.2 Å². The first kappa shape index (κ1) is 13.1. The molecule has 0 aromatic carbocycles. The number of methoxy groups -OCH3 is 1. The van der Waals surface area contributed by atoms with Gasteiger partial charge < -0.3 is 9.47 Å². The van der Waals surface area contributed by atoms with E-state index >= 15 is 0 Å². The summed E-state index contributed by atoms with van der Waals surface area (Å²) in [4.78, 5) is 10.8. The van der Waals surface area contributed by atoms with E-state index in [1.54, 1.807) is 0 Å². The Bertz CT molecular complexity index is 276. The Morgan fingerprint density at radius 2 is 2.00 bits per heavy atom. The molecule has 0 aliphatic heterocycles. The number of rotatable bonds is 5. The fourth-order valence-corrected chi connectivity index (χ4v) is 0.805. The quantitative estimate of drug-likeness (QED) is 0.273. The summed E-state index contributed by atoms with van der Waals surface area (Å²) in [7, 11) is -2.41. The second-order valence-electron chi connectivity index (χ2n) is 2.21. The number of carbonyl (C=O) groups excluding carboxylic acids is 1. The predicted molar refractivity (Wildman–Crippen MR) is 45.2 cm³/mol. The van der Waals surface area contributed by atoms with Crippen molar-refractivity contribution in [1.29, 1.82) is 0 Å². The number of carbonyl (C=O) groups is 1. The molecule has 1 amide bonds. The van der Waals surface area contributed by atoms with Crippen LogP contribution in [0.3, 0.4) is 0 Å². The van der Waals surface area contributed by atoms with Crippen LogP contribution in [0, 0.1) is 0 Å². The van der Waals surface area contributed by atoms with Crippen molar-refractivity contribution < 1.29 is 27.0 Å². The Morgan fingerprint density at radius 1 is 1.43 bits per heavy atom. The van der Waals surface area contributed by atoms with Gasteiger partial charge in [-0.15, -0.1) is 4.28 Å². The third kappa shape index (κ3) is 6.60. The van der Waals surface area contributed by atoms with E-state index in [1.807, 2.05) is 0 Å². The first-order valence-electron chi connectivity index (χ1n) is 3.47. The zero-order valence-electron chi connectivity index (χ0n) is 7.80. The van der Waals surface area contributed by atoms with Crippen molar-refractivity contribution in [3.63, 3.8) is 0 Å². The van der Waals surface area contributed by atoms with Gasteiger partial charge in [0.1, 0.15) is 6.61 Å². The van der Waals surface area contributed by atoms with Crippen LogP contribution in [0.25, 0.3) is 0 Å². The van der Waals surface area contributed by atoms with Gasteiger partial charge in [-0.3, -0.25) is 0 Å². The van der Waals surface area contributed by atoms with Crippen LogP contribution in [-0.4, -0.2) is 46.3 Å². The molecule has 8 nitrogen and oxygen atoms in total. The molecule has 0 atom stereocenters. The Hall–Kier alpha value is -0.900. The molecule has 0 saturated heterocycles. The maximum atomic E-state index is 10.8. The van der Waals surface area contributed by atoms with Gasteiger partial charge in [0, 0.05) is 7.11 Å². The maximum Gasteiger partial charge on any atom is 0.450 e. The fourth-order valence-electron chi connectivity index (χ4n) is 0.452. The summed E-state index contributed by atoms with van der Waals surface area (Å²) >= 11 is 0. The molecule has 0 aliphatic rings. The van der Waals surface area contributed by atoms with Gasteiger partial charge in [0.2, 0.25) is 0 Å². The second-order valence-corrected chi connectivity index (χ2v) is 3.77. The molecule has 0 aliphatic carbocycles. The van der Waals surface area contributed by atoms with Crippen LogP contribution in [0.4, 0.5) is 4.79 Å². The van der Waals surface area contributed by atoms with Crippen molar-refractivity contribution in [2.45, 2.75) is 0 Å². The Morgan fingerprint density at radius 3 is 2.43 bits per heavy atom. The van der Waals surface area contributed by atoms with Crippen molar-refractivity contribution >= 4 is 16.2 Å². The number of hydrogen-bond donors (Lipinski definition) is 1. The summed E-state index contributed by atoms with van der Waals surface area (Å²) in [5.74, 6) is 4.90. The zero-order valence-corrected chi connectivity index (χ0v) is 8.61. The number of hydrazine groups is 1. The molecule has 9 heteroatoms. The highest BCUT2D eigenvalue weighted by molar-refractivity contribution is 7.85. The molecular formula is C5H12N2O6S. The number of hydroxylamine groups is 1. The minimum absolute atomic E-state index is 0.00894. The minimum Gasteiger partial charge on any atom is -0.444 e. The Balaban J connectivity index is 3.88. The molecule has 0 radical (unpaired) electrons. The van der Waals surface area contributed by atoms with E-state index in [4.69, 9.17) is 5.84 Å². The molecule has 0 saturated carbocycles. The lowest BCUT2D eigenvalue weighted by atomic mass is 10.8. The van der Waals surface area contributed by atoms with Gasteiger partial charge in [0.05, 0.1) is 12.9 Å². The number of nitrogens with zero attached hydrogens (tertiary/aromatic N) is 1. The summed E-state index contributed by atoms with van der Waals surface area (Å²) in [6.45, 7) is 0.134. The van der Waals surface area contributed by atoms with Crippen LogP contribution >= 0.6 is 0 Å². The van der Waals surface area contributed by atoms with Gasteiger partial charge in [0.15, 0.2) is 0 Å². The fraction of sp³-hybridized carbons (Fsp3) is 0.800. The second kappa shape index (κ2) is 5.75. The number of hydrogen-bond acceptors (Lipinski definition) is 7. The van der Waals surface area contributed by atoms with Crippen molar-refractivity contribution in [2.24, 2.45) is 5.84 Å². The molecule has 0 heterocycles. The normalized spacial score (nSPS) is 11.1. The van der Waals surface area contributed by atoms with Crippen molar-refractivity contribution in [3.8, 4) is 0 Å². The van der Waals surface area contributed by atoms with E-state index in [9.17, 15) is 13.2 Å². The number of ether oxygens (including phenoxy) is 2.